The van der Waals surface area contributed by atoms with Crippen LogP contribution in [0.5, 0.6) is 0 Å². The second-order valence-electron chi connectivity index (χ2n) is 4.58. The molecule has 2 atom stereocenters. The van der Waals surface area contributed by atoms with E-state index in [2.05, 4.69) is 22.9 Å². The van der Waals surface area contributed by atoms with Gasteiger partial charge in [0.25, 0.3) is 0 Å². The van der Waals surface area contributed by atoms with E-state index >= 15 is 0 Å². The fourth-order valence-electron chi connectivity index (χ4n) is 2.68. The van der Waals surface area contributed by atoms with Gasteiger partial charge in [-0.3, -0.25) is 4.68 Å². The minimum absolute atomic E-state index is 0.503. The smallest absolute Gasteiger partial charge is 0.0600 e. The summed E-state index contributed by atoms with van der Waals surface area (Å²) in [6, 6.07) is 0.579. The van der Waals surface area contributed by atoms with Crippen LogP contribution >= 0.6 is 0 Å². The van der Waals surface area contributed by atoms with E-state index in [4.69, 9.17) is 4.74 Å². The summed E-state index contributed by atoms with van der Waals surface area (Å²) in [6.07, 6.45) is 9.90. The molecule has 1 aromatic rings. The normalized spacial score (nSPS) is 36.2. The Morgan fingerprint density at radius 2 is 2.07 bits per heavy atom. The standard InChI is InChI=1S/C11H16N2O/c1-8-6-12-13(7-8)9-4-10-2-3-11(5-9)14-10/h6-7,9-11H,2-5H2,1H3. The summed E-state index contributed by atoms with van der Waals surface area (Å²) in [7, 11) is 0. The minimum atomic E-state index is 0.503. The third-order valence-electron chi connectivity index (χ3n) is 3.37. The van der Waals surface area contributed by atoms with Crippen molar-refractivity contribution in [2.45, 2.75) is 50.9 Å². The Bertz CT molecular complexity index is 322. The zero-order valence-electron chi connectivity index (χ0n) is 8.52. The summed E-state index contributed by atoms with van der Waals surface area (Å²) in [6.45, 7) is 2.09. The molecule has 2 aliphatic rings. The molecule has 0 N–H and O–H groups in total. The summed E-state index contributed by atoms with van der Waals surface area (Å²) in [5, 5.41) is 4.40. The fraction of sp³-hybridized carbons (Fsp3) is 0.727. The summed E-state index contributed by atoms with van der Waals surface area (Å²) < 4.78 is 7.94. The molecule has 3 heterocycles. The van der Waals surface area contributed by atoms with Crippen molar-refractivity contribution in [1.82, 2.24) is 9.78 Å². The first-order valence-corrected chi connectivity index (χ1v) is 5.47. The average molecular weight is 192 g/mol. The second-order valence-corrected chi connectivity index (χ2v) is 4.58. The van der Waals surface area contributed by atoms with Crippen LogP contribution in [0.3, 0.4) is 0 Å². The van der Waals surface area contributed by atoms with Gasteiger partial charge in [0, 0.05) is 6.20 Å². The first-order valence-electron chi connectivity index (χ1n) is 5.47. The van der Waals surface area contributed by atoms with E-state index in [1.165, 1.54) is 18.4 Å². The molecule has 0 aliphatic carbocycles. The van der Waals surface area contributed by atoms with E-state index in [1.807, 2.05) is 6.20 Å². The van der Waals surface area contributed by atoms with Gasteiger partial charge in [-0.2, -0.15) is 5.10 Å². The number of ether oxygens (including phenoxy) is 1. The summed E-state index contributed by atoms with van der Waals surface area (Å²) in [5.41, 5.74) is 1.25. The number of hydrogen-bond acceptors (Lipinski definition) is 2. The van der Waals surface area contributed by atoms with Crippen LogP contribution in [0.15, 0.2) is 12.4 Å². The van der Waals surface area contributed by atoms with Crippen LogP contribution in [0.25, 0.3) is 0 Å². The summed E-state index contributed by atoms with van der Waals surface area (Å²) >= 11 is 0. The van der Waals surface area contributed by atoms with E-state index in [-0.39, 0.29) is 0 Å². The van der Waals surface area contributed by atoms with Crippen molar-refractivity contribution >= 4 is 0 Å². The lowest BCUT2D eigenvalue weighted by molar-refractivity contribution is -0.0181. The Labute approximate surface area is 84.1 Å². The highest BCUT2D eigenvalue weighted by atomic mass is 16.5. The zero-order valence-corrected chi connectivity index (χ0v) is 8.52. The molecule has 2 bridgehead atoms. The van der Waals surface area contributed by atoms with Gasteiger partial charge in [0.2, 0.25) is 0 Å². The Hall–Kier alpha value is -0.830. The Morgan fingerprint density at radius 1 is 1.36 bits per heavy atom. The molecule has 2 saturated heterocycles. The van der Waals surface area contributed by atoms with Gasteiger partial charge in [0.1, 0.15) is 0 Å². The van der Waals surface area contributed by atoms with Crippen molar-refractivity contribution in [3.63, 3.8) is 0 Å². The van der Waals surface area contributed by atoms with Crippen molar-refractivity contribution in [1.29, 1.82) is 0 Å². The van der Waals surface area contributed by atoms with Crippen LogP contribution in [-0.4, -0.2) is 22.0 Å². The summed E-state index contributed by atoms with van der Waals surface area (Å²) in [5.74, 6) is 0. The fourth-order valence-corrected chi connectivity index (χ4v) is 2.68. The molecule has 0 saturated carbocycles. The number of aryl methyl sites for hydroxylation is 1. The van der Waals surface area contributed by atoms with Crippen molar-refractivity contribution < 1.29 is 4.74 Å². The number of fused-ring (bicyclic) bond motifs is 2. The number of aromatic nitrogens is 2. The first kappa shape index (κ1) is 8.48. The van der Waals surface area contributed by atoms with Crippen molar-refractivity contribution in [3.8, 4) is 0 Å². The molecule has 14 heavy (non-hydrogen) atoms. The molecule has 1 aromatic heterocycles. The van der Waals surface area contributed by atoms with E-state index in [1.54, 1.807) is 0 Å². The highest BCUT2D eigenvalue weighted by Crippen LogP contribution is 2.37. The molecule has 2 fully saturated rings. The van der Waals surface area contributed by atoms with Gasteiger partial charge in [0.05, 0.1) is 24.4 Å². The maximum atomic E-state index is 5.81. The molecule has 3 heteroatoms. The number of rotatable bonds is 1. The quantitative estimate of drug-likeness (QED) is 0.681. The SMILES string of the molecule is Cc1cnn(C2CC3CCC(C2)O3)c1. The van der Waals surface area contributed by atoms with Crippen LogP contribution in [0.4, 0.5) is 0 Å². The highest BCUT2D eigenvalue weighted by molar-refractivity contribution is 5.01. The molecule has 0 spiro atoms. The van der Waals surface area contributed by atoms with Gasteiger partial charge >= 0.3 is 0 Å². The lowest BCUT2D eigenvalue weighted by Gasteiger charge is -2.28. The van der Waals surface area contributed by atoms with E-state index in [0.717, 1.165) is 12.8 Å². The van der Waals surface area contributed by atoms with Gasteiger partial charge in [-0.15, -0.1) is 0 Å². The van der Waals surface area contributed by atoms with Gasteiger partial charge in [-0.25, -0.2) is 0 Å². The largest absolute Gasteiger partial charge is 0.375 e. The third kappa shape index (κ3) is 1.36. The monoisotopic (exact) mass is 192 g/mol. The molecule has 0 radical (unpaired) electrons. The molecule has 0 aromatic carbocycles. The Kier molecular flexibility index (Phi) is 1.87. The topological polar surface area (TPSA) is 27.1 Å². The molecule has 2 aliphatic heterocycles. The lowest BCUT2D eigenvalue weighted by Crippen LogP contribution is -2.27. The molecule has 76 valence electrons. The molecule has 3 rings (SSSR count). The van der Waals surface area contributed by atoms with Crippen molar-refractivity contribution in [2.75, 3.05) is 0 Å². The van der Waals surface area contributed by atoms with Crippen molar-refractivity contribution in [2.24, 2.45) is 0 Å². The molecular formula is C11H16N2O. The van der Waals surface area contributed by atoms with Crippen LogP contribution in [0.2, 0.25) is 0 Å². The van der Waals surface area contributed by atoms with Gasteiger partial charge in [-0.05, 0) is 38.2 Å². The van der Waals surface area contributed by atoms with E-state index in [9.17, 15) is 0 Å². The maximum absolute atomic E-state index is 5.81. The first-order chi connectivity index (χ1) is 6.81. The molecular weight excluding hydrogens is 176 g/mol. The van der Waals surface area contributed by atoms with Crippen LogP contribution in [0, 0.1) is 6.92 Å². The van der Waals surface area contributed by atoms with Crippen LogP contribution in [0.1, 0.15) is 37.3 Å². The second kappa shape index (κ2) is 3.09. The Morgan fingerprint density at radius 3 is 2.64 bits per heavy atom. The molecule has 0 amide bonds. The number of nitrogens with zero attached hydrogens (tertiary/aromatic N) is 2. The van der Waals surface area contributed by atoms with Gasteiger partial charge in [0.15, 0.2) is 0 Å². The van der Waals surface area contributed by atoms with E-state index in [0.29, 0.717) is 18.2 Å². The van der Waals surface area contributed by atoms with Crippen molar-refractivity contribution in [3.05, 3.63) is 18.0 Å². The maximum Gasteiger partial charge on any atom is 0.0600 e. The zero-order chi connectivity index (χ0) is 9.54. The predicted molar refractivity (Wildman–Crippen MR) is 53.1 cm³/mol. The predicted octanol–water partition coefficient (Wildman–Crippen LogP) is 2.07. The highest BCUT2D eigenvalue weighted by Gasteiger charge is 2.35. The summed E-state index contributed by atoms with van der Waals surface area (Å²) in [4.78, 5) is 0. The third-order valence-corrected chi connectivity index (χ3v) is 3.37. The molecule has 3 nitrogen and oxygen atoms in total. The van der Waals surface area contributed by atoms with Gasteiger partial charge in [-0.1, -0.05) is 0 Å². The van der Waals surface area contributed by atoms with Gasteiger partial charge < -0.3 is 4.74 Å². The molecule has 2 unspecified atom stereocenters. The van der Waals surface area contributed by atoms with Crippen LogP contribution < -0.4 is 0 Å². The Balaban J connectivity index is 1.80. The minimum Gasteiger partial charge on any atom is -0.375 e. The average Bonchev–Trinajstić information content (AvgIpc) is 2.73. The van der Waals surface area contributed by atoms with Crippen LogP contribution in [-0.2, 0) is 4.74 Å². The number of hydrogen-bond donors (Lipinski definition) is 0. The van der Waals surface area contributed by atoms with E-state index < -0.39 is 0 Å². The lowest BCUT2D eigenvalue weighted by atomic mass is 10.0.